The van der Waals surface area contributed by atoms with Gasteiger partial charge in [-0.15, -0.1) is 0 Å². The lowest BCUT2D eigenvalue weighted by molar-refractivity contribution is -0.162. The lowest BCUT2D eigenvalue weighted by atomic mass is 10.1. The van der Waals surface area contributed by atoms with Crippen molar-refractivity contribution in [2.45, 2.75) is 65.3 Å². The lowest BCUT2D eigenvalue weighted by Crippen LogP contribution is -2.27. The van der Waals surface area contributed by atoms with E-state index in [4.69, 9.17) is 14.2 Å². The van der Waals surface area contributed by atoms with Gasteiger partial charge >= 0.3 is 5.97 Å². The summed E-state index contributed by atoms with van der Waals surface area (Å²) in [5, 5.41) is 0. The van der Waals surface area contributed by atoms with Gasteiger partial charge < -0.3 is 14.2 Å². The van der Waals surface area contributed by atoms with Gasteiger partial charge in [0.15, 0.2) is 6.10 Å². The van der Waals surface area contributed by atoms with Crippen LogP contribution in [0.5, 0.6) is 0 Å². The first-order valence-corrected chi connectivity index (χ1v) is 9.66. The van der Waals surface area contributed by atoms with Gasteiger partial charge in [-0.05, 0) is 50.7 Å². The van der Waals surface area contributed by atoms with E-state index < -0.39 is 24.1 Å². The van der Waals surface area contributed by atoms with Crippen LogP contribution < -0.4 is 0 Å². The Morgan fingerprint density at radius 1 is 0.963 bits per heavy atom. The van der Waals surface area contributed by atoms with Crippen LogP contribution in [0.1, 0.15) is 63.2 Å². The van der Waals surface area contributed by atoms with Gasteiger partial charge in [-0.1, -0.05) is 44.4 Å². The maximum Gasteiger partial charge on any atom is 0.339 e. The summed E-state index contributed by atoms with van der Waals surface area (Å²) >= 11 is 0. The van der Waals surface area contributed by atoms with Gasteiger partial charge in [-0.3, -0.25) is 4.79 Å². The fraction of sp³-hybridized carbons (Fsp3) is 0.545. The van der Waals surface area contributed by atoms with Crippen molar-refractivity contribution < 1.29 is 23.8 Å². The number of hydrogen-bond donors (Lipinski definition) is 0. The Labute approximate surface area is 162 Å². The molecule has 5 nitrogen and oxygen atoms in total. The van der Waals surface area contributed by atoms with Gasteiger partial charge in [0, 0.05) is 13.2 Å². The molecule has 0 aliphatic heterocycles. The highest BCUT2D eigenvalue weighted by Crippen LogP contribution is 2.11. The molecular weight excluding hydrogens is 344 g/mol. The molecule has 0 spiro atoms. The summed E-state index contributed by atoms with van der Waals surface area (Å²) in [6.45, 7) is 6.39. The molecule has 0 N–H and O–H groups in total. The molecule has 0 saturated heterocycles. The third-order valence-electron chi connectivity index (χ3n) is 3.79. The van der Waals surface area contributed by atoms with E-state index in [2.05, 4.69) is 18.8 Å². The summed E-state index contributed by atoms with van der Waals surface area (Å²) in [6.07, 6.45) is 3.09. The van der Waals surface area contributed by atoms with E-state index in [1.807, 2.05) is 6.07 Å². The summed E-state index contributed by atoms with van der Waals surface area (Å²) in [5.41, 5.74) is 0.464. The highest BCUT2D eigenvalue weighted by molar-refractivity contribution is 5.98. The number of unbranched alkanes of at least 4 members (excludes halogenated alkanes) is 3. The van der Waals surface area contributed by atoms with E-state index in [1.165, 1.54) is 0 Å². The van der Waals surface area contributed by atoms with Crippen molar-refractivity contribution in [3.05, 3.63) is 35.9 Å². The first kappa shape index (κ1) is 22.9. The molecule has 1 atom stereocenters. The predicted molar refractivity (Wildman–Crippen MR) is 104 cm³/mol. The molecule has 0 bridgehead atoms. The largest absolute Gasteiger partial charge is 0.446 e. The number of benzene rings is 1. The highest BCUT2D eigenvalue weighted by atomic mass is 16.7. The molecule has 0 amide bonds. The molecule has 5 heteroatoms. The zero-order valence-electron chi connectivity index (χ0n) is 16.5. The third kappa shape index (κ3) is 9.37. The maximum absolute atomic E-state index is 12.3. The van der Waals surface area contributed by atoms with Crippen molar-refractivity contribution in [2.75, 3.05) is 13.2 Å². The van der Waals surface area contributed by atoms with Crippen molar-refractivity contribution in [3.8, 4) is 11.8 Å². The Hall–Kier alpha value is -2.16. The van der Waals surface area contributed by atoms with Gasteiger partial charge in [0.2, 0.25) is 6.29 Å². The molecule has 0 aliphatic carbocycles. The predicted octanol–water partition coefficient (Wildman–Crippen LogP) is 4.15. The Morgan fingerprint density at radius 2 is 1.63 bits per heavy atom. The van der Waals surface area contributed by atoms with E-state index in [-0.39, 0.29) is 0 Å². The summed E-state index contributed by atoms with van der Waals surface area (Å²) in [5.74, 6) is 4.42. The smallest absolute Gasteiger partial charge is 0.339 e. The molecule has 0 aliphatic rings. The molecule has 1 rings (SSSR count). The molecular formula is C22H30O5. The van der Waals surface area contributed by atoms with Gasteiger partial charge in [0.25, 0.3) is 5.78 Å². The number of carbonyl (C=O) groups is 2. The number of rotatable bonds is 12. The fourth-order valence-electron chi connectivity index (χ4n) is 2.40. The van der Waals surface area contributed by atoms with Crippen molar-refractivity contribution in [2.24, 2.45) is 0 Å². The van der Waals surface area contributed by atoms with Crippen LogP contribution in [0.15, 0.2) is 30.3 Å². The quantitative estimate of drug-likeness (QED) is 0.181. The molecule has 1 aromatic carbocycles. The summed E-state index contributed by atoms with van der Waals surface area (Å²) < 4.78 is 16.0. The average Bonchev–Trinajstić information content (AvgIpc) is 2.69. The molecule has 0 radical (unpaired) electrons. The van der Waals surface area contributed by atoms with E-state index in [9.17, 15) is 9.59 Å². The van der Waals surface area contributed by atoms with Crippen LogP contribution in [0.25, 0.3) is 0 Å². The zero-order valence-corrected chi connectivity index (χ0v) is 16.5. The van der Waals surface area contributed by atoms with Gasteiger partial charge in [-0.2, -0.15) is 0 Å². The summed E-state index contributed by atoms with van der Waals surface area (Å²) in [4.78, 5) is 24.5. The Bertz CT molecular complexity index is 609. The van der Waals surface area contributed by atoms with E-state index >= 15 is 0 Å². The minimum atomic E-state index is -1.00. The molecule has 0 aromatic heterocycles. The minimum Gasteiger partial charge on any atom is -0.446 e. The molecule has 0 fully saturated rings. The molecule has 1 aromatic rings. The van der Waals surface area contributed by atoms with E-state index in [1.54, 1.807) is 38.1 Å². The fourth-order valence-corrected chi connectivity index (χ4v) is 2.40. The average molecular weight is 374 g/mol. The lowest BCUT2D eigenvalue weighted by Gasteiger charge is -2.14. The van der Waals surface area contributed by atoms with Crippen LogP contribution in [0.2, 0.25) is 0 Å². The number of Topliss-reactive ketones (excluding diaryl/α,β-unsaturated/α-hetero) is 1. The van der Waals surface area contributed by atoms with Crippen LogP contribution in [0.4, 0.5) is 0 Å². The number of ketones is 1. The van der Waals surface area contributed by atoms with Crippen molar-refractivity contribution in [1.29, 1.82) is 0 Å². The van der Waals surface area contributed by atoms with Crippen molar-refractivity contribution in [3.63, 3.8) is 0 Å². The molecule has 27 heavy (non-hydrogen) atoms. The second-order valence-electron chi connectivity index (χ2n) is 5.99. The number of hydrogen-bond acceptors (Lipinski definition) is 5. The number of esters is 1. The van der Waals surface area contributed by atoms with Crippen LogP contribution in [0.3, 0.4) is 0 Å². The molecule has 0 saturated carbocycles. The summed E-state index contributed by atoms with van der Waals surface area (Å²) in [6, 6.07) is 8.76. The van der Waals surface area contributed by atoms with Crippen molar-refractivity contribution >= 4 is 11.8 Å². The number of ether oxygens (including phenoxy) is 3. The maximum atomic E-state index is 12.3. The van der Waals surface area contributed by atoms with E-state index in [0.29, 0.717) is 25.2 Å². The van der Waals surface area contributed by atoms with Crippen LogP contribution in [-0.4, -0.2) is 37.4 Å². The minimum absolute atomic E-state index is 0.349. The Balaban J connectivity index is 2.78. The van der Waals surface area contributed by atoms with Crippen LogP contribution in [0, 0.1) is 11.8 Å². The zero-order chi connectivity index (χ0) is 19.9. The monoisotopic (exact) mass is 374 g/mol. The topological polar surface area (TPSA) is 61.8 Å². The summed E-state index contributed by atoms with van der Waals surface area (Å²) in [7, 11) is 0. The van der Waals surface area contributed by atoms with Gasteiger partial charge in [0.05, 0.1) is 5.56 Å². The third-order valence-corrected chi connectivity index (χ3v) is 3.79. The normalized spacial score (nSPS) is 11.6. The Kier molecular flexibility index (Phi) is 11.8. The first-order valence-electron chi connectivity index (χ1n) is 9.66. The Morgan fingerprint density at radius 3 is 2.22 bits per heavy atom. The second-order valence-corrected chi connectivity index (χ2v) is 5.99. The van der Waals surface area contributed by atoms with Crippen molar-refractivity contribution in [1.82, 2.24) is 0 Å². The molecule has 1 unspecified atom stereocenters. The SMILES string of the molecule is CCCCCCC(C#CC(=O)C(OCC)OCC)OC(=O)c1ccccc1. The molecule has 148 valence electrons. The van der Waals surface area contributed by atoms with Gasteiger partial charge in [0.1, 0.15) is 0 Å². The first-order chi connectivity index (χ1) is 13.1. The second kappa shape index (κ2) is 14.0. The standard InChI is InChI=1S/C22H30O5/c1-4-7-8-12-15-19(27-21(24)18-13-10-9-11-14-18)16-17-20(23)22(25-5-2)26-6-3/h9-11,13-14,19,22H,4-8,12,15H2,1-3H3. The van der Waals surface area contributed by atoms with Gasteiger partial charge in [-0.25, -0.2) is 4.79 Å². The molecule has 0 heterocycles. The van der Waals surface area contributed by atoms with Crippen LogP contribution in [-0.2, 0) is 19.0 Å². The highest BCUT2D eigenvalue weighted by Gasteiger charge is 2.18. The van der Waals surface area contributed by atoms with E-state index in [0.717, 1.165) is 25.7 Å². The van der Waals surface area contributed by atoms with Crippen LogP contribution >= 0.6 is 0 Å². The number of carbonyl (C=O) groups excluding carboxylic acids is 2.